The zero-order valence-corrected chi connectivity index (χ0v) is 16.7. The quantitative estimate of drug-likeness (QED) is 0.468. The number of rotatable bonds is 6. The topological polar surface area (TPSA) is 99.2 Å². The fourth-order valence-corrected chi connectivity index (χ4v) is 3.58. The van der Waals surface area contributed by atoms with Crippen LogP contribution < -0.4 is 14.2 Å². The zero-order valence-electron chi connectivity index (χ0n) is 15.9. The summed E-state index contributed by atoms with van der Waals surface area (Å²) in [6, 6.07) is 11.1. The second-order valence-corrected chi connectivity index (χ2v) is 6.85. The molecule has 29 heavy (non-hydrogen) atoms. The van der Waals surface area contributed by atoms with Gasteiger partial charge < -0.3 is 23.7 Å². The normalized spacial score (nSPS) is 11.3. The number of fused-ring (bicyclic) bond motifs is 1. The average molecular weight is 411 g/mol. The van der Waals surface area contributed by atoms with Crippen molar-refractivity contribution in [2.75, 3.05) is 21.3 Å². The van der Waals surface area contributed by atoms with E-state index in [1.807, 2.05) is 24.3 Å². The lowest BCUT2D eigenvalue weighted by molar-refractivity contribution is 0.323. The van der Waals surface area contributed by atoms with Gasteiger partial charge in [0.2, 0.25) is 16.8 Å². The molecule has 0 saturated heterocycles. The van der Waals surface area contributed by atoms with E-state index in [-0.39, 0.29) is 17.5 Å². The van der Waals surface area contributed by atoms with E-state index in [4.69, 9.17) is 18.6 Å². The second-order valence-electron chi connectivity index (χ2n) is 5.85. The first-order valence-corrected chi connectivity index (χ1v) is 9.34. The van der Waals surface area contributed by atoms with E-state index >= 15 is 0 Å². The van der Waals surface area contributed by atoms with Crippen molar-refractivity contribution in [1.29, 1.82) is 0 Å². The van der Waals surface area contributed by atoms with Crippen LogP contribution in [0.15, 0.2) is 45.8 Å². The van der Waals surface area contributed by atoms with Crippen LogP contribution in [0.2, 0.25) is 0 Å². The summed E-state index contributed by atoms with van der Waals surface area (Å²) in [5.41, 5.74) is 1.61. The van der Waals surface area contributed by atoms with Crippen molar-refractivity contribution in [2.45, 2.75) is 0 Å². The molecule has 0 spiro atoms. The van der Waals surface area contributed by atoms with Crippen LogP contribution in [0.25, 0.3) is 21.7 Å². The van der Waals surface area contributed by atoms with Gasteiger partial charge in [-0.3, -0.25) is 0 Å². The number of aliphatic imine (C=N–C) groups is 1. The number of hydrogen-bond acceptors (Lipinski definition) is 9. The van der Waals surface area contributed by atoms with Gasteiger partial charge in [0.1, 0.15) is 0 Å². The first kappa shape index (κ1) is 18.8. The monoisotopic (exact) mass is 411 g/mol. The van der Waals surface area contributed by atoms with Crippen molar-refractivity contribution >= 4 is 32.9 Å². The van der Waals surface area contributed by atoms with Crippen LogP contribution >= 0.6 is 11.3 Å². The van der Waals surface area contributed by atoms with Gasteiger partial charge in [-0.2, -0.15) is 0 Å². The first-order valence-electron chi connectivity index (χ1n) is 8.52. The third-order valence-corrected chi connectivity index (χ3v) is 5.07. The fourth-order valence-electron chi connectivity index (χ4n) is 2.77. The van der Waals surface area contributed by atoms with E-state index in [9.17, 15) is 5.11 Å². The van der Waals surface area contributed by atoms with E-state index in [1.54, 1.807) is 12.1 Å². The van der Waals surface area contributed by atoms with Gasteiger partial charge in [0.05, 0.1) is 37.8 Å². The molecule has 2 aromatic carbocycles. The van der Waals surface area contributed by atoms with Gasteiger partial charge in [0.15, 0.2) is 17.2 Å². The molecule has 9 heteroatoms. The molecular formula is C20H17N3O5S. The van der Waals surface area contributed by atoms with Gasteiger partial charge in [-0.05, 0) is 24.3 Å². The highest BCUT2D eigenvalue weighted by Gasteiger charge is 2.19. The number of ether oxygens (including phenoxy) is 3. The average Bonchev–Trinajstić information content (AvgIpc) is 3.33. The Morgan fingerprint density at radius 2 is 1.76 bits per heavy atom. The number of methoxy groups -OCH3 is 3. The minimum atomic E-state index is -0.349. The van der Waals surface area contributed by atoms with Crippen LogP contribution in [-0.2, 0) is 0 Å². The van der Waals surface area contributed by atoms with E-state index in [1.165, 1.54) is 38.9 Å². The molecule has 4 rings (SSSR count). The standard InChI is InChI=1S/C20H17N3O5S/c1-25-14-8-11(9-15(26-2)17(14)27-3)18-22-13(19(24)28-18)10-21-20-23-12-6-4-5-7-16(12)29-20/h4-10,24H,1-3H3/b21-10+. The highest BCUT2D eigenvalue weighted by molar-refractivity contribution is 7.22. The molecule has 0 atom stereocenters. The lowest BCUT2D eigenvalue weighted by atomic mass is 10.2. The van der Waals surface area contributed by atoms with Crippen molar-refractivity contribution in [3.63, 3.8) is 0 Å². The smallest absolute Gasteiger partial charge is 0.312 e. The number of aromatic hydroxyl groups is 1. The van der Waals surface area contributed by atoms with E-state index in [2.05, 4.69) is 15.0 Å². The van der Waals surface area contributed by atoms with Gasteiger partial charge in [0.25, 0.3) is 0 Å². The highest BCUT2D eigenvalue weighted by atomic mass is 32.1. The van der Waals surface area contributed by atoms with Gasteiger partial charge >= 0.3 is 5.95 Å². The van der Waals surface area contributed by atoms with Crippen molar-refractivity contribution in [1.82, 2.24) is 9.97 Å². The summed E-state index contributed by atoms with van der Waals surface area (Å²) in [6.45, 7) is 0. The van der Waals surface area contributed by atoms with Gasteiger partial charge in [-0.1, -0.05) is 23.5 Å². The maximum atomic E-state index is 10.1. The molecule has 0 aliphatic heterocycles. The largest absolute Gasteiger partial charge is 0.493 e. The Labute approximate surface area is 170 Å². The molecule has 148 valence electrons. The molecule has 0 fully saturated rings. The summed E-state index contributed by atoms with van der Waals surface area (Å²) in [5, 5.41) is 10.7. The number of para-hydroxylation sites is 1. The molecule has 0 aliphatic carbocycles. The Morgan fingerprint density at radius 1 is 1.03 bits per heavy atom. The van der Waals surface area contributed by atoms with Crippen molar-refractivity contribution in [3.8, 4) is 34.6 Å². The number of oxazole rings is 1. The third-order valence-electron chi connectivity index (χ3n) is 4.13. The van der Waals surface area contributed by atoms with Crippen molar-refractivity contribution in [2.24, 2.45) is 4.99 Å². The molecule has 0 amide bonds. The molecule has 8 nitrogen and oxygen atoms in total. The number of nitrogens with zero attached hydrogens (tertiary/aromatic N) is 3. The molecule has 0 radical (unpaired) electrons. The van der Waals surface area contributed by atoms with Gasteiger partial charge in [-0.25, -0.2) is 15.0 Å². The maximum Gasteiger partial charge on any atom is 0.312 e. The Hall–Kier alpha value is -3.59. The Kier molecular flexibility index (Phi) is 5.05. The fraction of sp³-hybridized carbons (Fsp3) is 0.150. The summed E-state index contributed by atoms with van der Waals surface area (Å²) in [5.74, 6) is 1.19. The van der Waals surface area contributed by atoms with Crippen molar-refractivity contribution in [3.05, 3.63) is 42.1 Å². The lowest BCUT2D eigenvalue weighted by Crippen LogP contribution is -1.95. The lowest BCUT2D eigenvalue weighted by Gasteiger charge is -2.12. The van der Waals surface area contributed by atoms with E-state index in [0.29, 0.717) is 27.9 Å². The minimum Gasteiger partial charge on any atom is -0.493 e. The molecule has 4 aromatic rings. The van der Waals surface area contributed by atoms with Crippen molar-refractivity contribution < 1.29 is 23.7 Å². The van der Waals surface area contributed by atoms with Gasteiger partial charge in [-0.15, -0.1) is 0 Å². The maximum absolute atomic E-state index is 10.1. The van der Waals surface area contributed by atoms with E-state index in [0.717, 1.165) is 10.2 Å². The third kappa shape index (κ3) is 3.59. The van der Waals surface area contributed by atoms with Gasteiger partial charge in [0, 0.05) is 5.56 Å². The molecule has 2 aromatic heterocycles. The van der Waals surface area contributed by atoms with Crippen LogP contribution in [0.1, 0.15) is 5.69 Å². The van der Waals surface area contributed by atoms with Crippen LogP contribution in [0.3, 0.4) is 0 Å². The second kappa shape index (κ2) is 7.80. The Balaban J connectivity index is 1.67. The first-order chi connectivity index (χ1) is 14.1. The summed E-state index contributed by atoms with van der Waals surface area (Å²) < 4.78 is 22.4. The molecular weight excluding hydrogens is 394 g/mol. The van der Waals surface area contributed by atoms with E-state index < -0.39 is 0 Å². The Bertz CT molecular complexity index is 1140. The number of thiazole rings is 1. The summed E-state index contributed by atoms with van der Waals surface area (Å²) >= 11 is 1.44. The predicted octanol–water partition coefficient (Wildman–Crippen LogP) is 4.43. The molecule has 0 saturated carbocycles. The molecule has 2 heterocycles. The number of benzene rings is 2. The highest BCUT2D eigenvalue weighted by Crippen LogP contribution is 2.41. The molecule has 1 N–H and O–H groups in total. The molecule has 0 bridgehead atoms. The molecule has 0 aliphatic rings. The zero-order chi connectivity index (χ0) is 20.4. The van der Waals surface area contributed by atoms with Crippen LogP contribution in [0.4, 0.5) is 5.13 Å². The predicted molar refractivity (Wildman–Crippen MR) is 110 cm³/mol. The minimum absolute atomic E-state index is 0.188. The number of hydrogen-bond donors (Lipinski definition) is 1. The summed E-state index contributed by atoms with van der Waals surface area (Å²) in [4.78, 5) is 13.0. The summed E-state index contributed by atoms with van der Waals surface area (Å²) in [6.07, 6.45) is 1.41. The SMILES string of the molecule is COc1cc(-c2nc(/C=N/c3nc4ccccc4s3)c(O)o2)cc(OC)c1OC. The van der Waals surface area contributed by atoms with Crippen LogP contribution in [0.5, 0.6) is 23.2 Å². The van der Waals surface area contributed by atoms with Crippen LogP contribution in [-0.4, -0.2) is 42.6 Å². The summed E-state index contributed by atoms with van der Waals surface area (Å²) in [7, 11) is 4.56. The van der Waals surface area contributed by atoms with Crippen LogP contribution in [0, 0.1) is 0 Å². The number of aromatic nitrogens is 2. The Morgan fingerprint density at radius 3 is 2.41 bits per heavy atom. The molecule has 0 unspecified atom stereocenters.